The summed E-state index contributed by atoms with van der Waals surface area (Å²) in [5.41, 5.74) is 0.931. The average Bonchev–Trinajstić information content (AvgIpc) is 1.87. The molecule has 0 aromatic rings. The van der Waals surface area contributed by atoms with Gasteiger partial charge in [0.2, 0.25) is 0 Å². The van der Waals surface area contributed by atoms with Crippen molar-refractivity contribution in [1.29, 1.82) is 0 Å². The van der Waals surface area contributed by atoms with E-state index in [0.29, 0.717) is 0 Å². The van der Waals surface area contributed by atoms with Crippen LogP contribution in [-0.4, -0.2) is 13.3 Å². The molecule has 56 valence electrons. The monoisotopic (exact) mass is 139 g/mol. The van der Waals surface area contributed by atoms with E-state index >= 15 is 0 Å². The van der Waals surface area contributed by atoms with Crippen molar-refractivity contribution in [3.63, 3.8) is 0 Å². The summed E-state index contributed by atoms with van der Waals surface area (Å²) in [6.07, 6.45) is 3.33. The first-order valence-corrected chi connectivity index (χ1v) is 3.06. The summed E-state index contributed by atoms with van der Waals surface area (Å²) in [6.45, 7) is 7.39. The summed E-state index contributed by atoms with van der Waals surface area (Å²) in [5, 5.41) is 0. The van der Waals surface area contributed by atoms with Gasteiger partial charge < -0.3 is 4.74 Å². The quantitative estimate of drug-likeness (QED) is 0.433. The Balaban J connectivity index is 3.82. The molecule has 0 atom stereocenters. The van der Waals surface area contributed by atoms with Crippen molar-refractivity contribution in [3.05, 3.63) is 24.1 Å². The summed E-state index contributed by atoms with van der Waals surface area (Å²) in [7, 11) is 1.61. The van der Waals surface area contributed by atoms with Gasteiger partial charge in [-0.2, -0.15) is 0 Å². The number of hydrogen-bond donors (Lipinski definition) is 0. The smallest absolute Gasteiger partial charge is 0.111 e. The van der Waals surface area contributed by atoms with Crippen LogP contribution in [0.1, 0.15) is 13.8 Å². The SMILES string of the molecule is C=C(C)C=N/C=C(\C)OC. The molecule has 0 saturated heterocycles. The van der Waals surface area contributed by atoms with Gasteiger partial charge in [-0.3, -0.25) is 4.99 Å². The van der Waals surface area contributed by atoms with E-state index in [1.807, 2.05) is 13.8 Å². The normalized spacial score (nSPS) is 12.1. The molecule has 2 nitrogen and oxygen atoms in total. The zero-order valence-corrected chi connectivity index (χ0v) is 6.72. The topological polar surface area (TPSA) is 21.6 Å². The maximum Gasteiger partial charge on any atom is 0.111 e. The Bertz CT molecular complexity index is 168. The fourth-order valence-corrected chi connectivity index (χ4v) is 0.322. The predicted octanol–water partition coefficient (Wildman–Crippen LogP) is 2.14. The number of hydrogen-bond acceptors (Lipinski definition) is 2. The minimum Gasteiger partial charge on any atom is -0.500 e. The standard InChI is InChI=1S/C8H13NO/c1-7(2)5-9-6-8(3)10-4/h5-6H,1H2,2-4H3/b8-6+,9-5?. The highest BCUT2D eigenvalue weighted by molar-refractivity contribution is 5.77. The third-order valence-corrected chi connectivity index (χ3v) is 0.873. The van der Waals surface area contributed by atoms with E-state index in [2.05, 4.69) is 11.6 Å². The molecule has 0 N–H and O–H groups in total. The summed E-state index contributed by atoms with van der Waals surface area (Å²) < 4.78 is 4.85. The van der Waals surface area contributed by atoms with Crippen LogP contribution in [0, 0.1) is 0 Å². The Morgan fingerprint density at radius 1 is 1.50 bits per heavy atom. The van der Waals surface area contributed by atoms with Crippen LogP contribution in [0.2, 0.25) is 0 Å². The van der Waals surface area contributed by atoms with Crippen LogP contribution in [0.3, 0.4) is 0 Å². The summed E-state index contributed by atoms with van der Waals surface area (Å²) in [6, 6.07) is 0. The van der Waals surface area contributed by atoms with Crippen LogP contribution in [-0.2, 0) is 4.74 Å². The minimum atomic E-state index is 0.789. The Labute approximate surface area is 61.9 Å². The second kappa shape index (κ2) is 4.79. The molecule has 0 heterocycles. The van der Waals surface area contributed by atoms with Gasteiger partial charge in [-0.05, 0) is 19.4 Å². The lowest BCUT2D eigenvalue weighted by Gasteiger charge is -1.93. The number of nitrogens with zero attached hydrogens (tertiary/aromatic N) is 1. The highest BCUT2D eigenvalue weighted by Gasteiger charge is 1.78. The van der Waals surface area contributed by atoms with Crippen molar-refractivity contribution in [2.24, 2.45) is 4.99 Å². The van der Waals surface area contributed by atoms with Crippen LogP contribution < -0.4 is 0 Å². The van der Waals surface area contributed by atoms with E-state index in [-0.39, 0.29) is 0 Å². The molecule has 0 unspecified atom stereocenters. The predicted molar refractivity (Wildman–Crippen MR) is 44.1 cm³/mol. The lowest BCUT2D eigenvalue weighted by molar-refractivity contribution is 0.292. The molecule has 10 heavy (non-hydrogen) atoms. The van der Waals surface area contributed by atoms with Crippen molar-refractivity contribution < 1.29 is 4.74 Å². The molecule has 0 aromatic carbocycles. The Kier molecular flexibility index (Phi) is 4.29. The average molecular weight is 139 g/mol. The van der Waals surface area contributed by atoms with E-state index in [1.165, 1.54) is 0 Å². The molecule has 0 saturated carbocycles. The van der Waals surface area contributed by atoms with Crippen LogP contribution in [0.25, 0.3) is 0 Å². The van der Waals surface area contributed by atoms with Crippen LogP contribution in [0.5, 0.6) is 0 Å². The van der Waals surface area contributed by atoms with Gasteiger partial charge in [-0.15, -0.1) is 0 Å². The van der Waals surface area contributed by atoms with E-state index in [0.717, 1.165) is 11.3 Å². The van der Waals surface area contributed by atoms with Gasteiger partial charge in [0.15, 0.2) is 0 Å². The number of aliphatic imine (C=N–C) groups is 1. The van der Waals surface area contributed by atoms with Crippen LogP contribution in [0.4, 0.5) is 0 Å². The second-order valence-electron chi connectivity index (χ2n) is 2.07. The van der Waals surface area contributed by atoms with Gasteiger partial charge in [0, 0.05) is 6.21 Å². The fraction of sp³-hybridized carbons (Fsp3) is 0.375. The van der Waals surface area contributed by atoms with Gasteiger partial charge in [0.25, 0.3) is 0 Å². The lowest BCUT2D eigenvalue weighted by Crippen LogP contribution is -1.77. The zero-order chi connectivity index (χ0) is 7.98. The van der Waals surface area contributed by atoms with Crippen molar-refractivity contribution in [2.75, 3.05) is 7.11 Å². The molecule has 0 aliphatic heterocycles. The molecular weight excluding hydrogens is 126 g/mol. The zero-order valence-electron chi connectivity index (χ0n) is 6.72. The highest BCUT2D eigenvalue weighted by Crippen LogP contribution is 1.91. The van der Waals surface area contributed by atoms with Crippen molar-refractivity contribution in [3.8, 4) is 0 Å². The molecule has 0 spiro atoms. The Morgan fingerprint density at radius 2 is 2.10 bits per heavy atom. The van der Waals surface area contributed by atoms with Gasteiger partial charge in [-0.1, -0.05) is 6.58 Å². The Morgan fingerprint density at radius 3 is 2.50 bits per heavy atom. The van der Waals surface area contributed by atoms with E-state index in [4.69, 9.17) is 4.74 Å². The molecule has 0 amide bonds. The second-order valence-corrected chi connectivity index (χ2v) is 2.07. The third kappa shape index (κ3) is 5.09. The molecule has 0 fully saturated rings. The van der Waals surface area contributed by atoms with Crippen LogP contribution >= 0.6 is 0 Å². The third-order valence-electron chi connectivity index (χ3n) is 0.873. The maximum absolute atomic E-state index is 4.85. The van der Waals surface area contributed by atoms with Crippen molar-refractivity contribution >= 4 is 6.21 Å². The van der Waals surface area contributed by atoms with Crippen LogP contribution in [0.15, 0.2) is 29.1 Å². The number of allylic oxidation sites excluding steroid dienone is 2. The van der Waals surface area contributed by atoms with Gasteiger partial charge in [0.1, 0.15) is 5.76 Å². The first-order chi connectivity index (χ1) is 4.66. The Hall–Kier alpha value is -1.05. The first kappa shape index (κ1) is 8.95. The number of ether oxygens (including phenoxy) is 1. The van der Waals surface area contributed by atoms with E-state index in [1.54, 1.807) is 19.5 Å². The molecular formula is C8H13NO. The van der Waals surface area contributed by atoms with Crippen molar-refractivity contribution in [1.82, 2.24) is 0 Å². The fourth-order valence-electron chi connectivity index (χ4n) is 0.322. The minimum absolute atomic E-state index is 0.789. The van der Waals surface area contributed by atoms with Gasteiger partial charge in [0.05, 0.1) is 13.3 Å². The molecule has 0 aromatic heterocycles. The number of methoxy groups -OCH3 is 1. The highest BCUT2D eigenvalue weighted by atomic mass is 16.5. The largest absolute Gasteiger partial charge is 0.500 e. The number of rotatable bonds is 3. The lowest BCUT2D eigenvalue weighted by atomic mass is 10.4. The molecule has 2 heteroatoms. The first-order valence-electron chi connectivity index (χ1n) is 3.06. The van der Waals surface area contributed by atoms with E-state index in [9.17, 15) is 0 Å². The molecule has 0 radical (unpaired) electrons. The van der Waals surface area contributed by atoms with Gasteiger partial charge in [-0.25, -0.2) is 0 Å². The summed E-state index contributed by atoms with van der Waals surface area (Å²) in [4.78, 5) is 3.93. The van der Waals surface area contributed by atoms with Gasteiger partial charge >= 0.3 is 0 Å². The summed E-state index contributed by atoms with van der Waals surface area (Å²) >= 11 is 0. The van der Waals surface area contributed by atoms with Crippen molar-refractivity contribution in [2.45, 2.75) is 13.8 Å². The molecule has 0 bridgehead atoms. The molecule has 0 aliphatic rings. The maximum atomic E-state index is 4.85. The molecule has 0 rings (SSSR count). The summed E-state index contributed by atoms with van der Waals surface area (Å²) in [5.74, 6) is 0.789. The van der Waals surface area contributed by atoms with E-state index < -0.39 is 0 Å². The molecule has 0 aliphatic carbocycles.